The molecule has 0 aliphatic rings. The van der Waals surface area contributed by atoms with E-state index >= 15 is 0 Å². The highest BCUT2D eigenvalue weighted by Crippen LogP contribution is 2.08. The minimum Gasteiger partial charge on any atom is -0.412 e. The molecule has 11 nitrogen and oxygen atoms in total. The minimum absolute atomic E-state index is 0. The average molecular weight is 503 g/mol. The predicted molar refractivity (Wildman–Crippen MR) is 136 cm³/mol. The zero-order valence-corrected chi connectivity index (χ0v) is 21.3. The van der Waals surface area contributed by atoms with Gasteiger partial charge in [0.1, 0.15) is 0 Å². The second-order valence-corrected chi connectivity index (χ2v) is 7.87. The molecule has 0 heterocycles. The van der Waals surface area contributed by atoms with Gasteiger partial charge in [0.05, 0.1) is 0 Å². The molecule has 16 N–H and O–H groups in total. The molecule has 0 rings (SSSR count). The minimum atomic E-state index is -4.67. The lowest BCUT2D eigenvalue weighted by atomic mass is 10.1. The van der Waals surface area contributed by atoms with Gasteiger partial charge >= 0.3 is 10.4 Å². The molecule has 0 amide bonds. The Morgan fingerprint density at radius 3 is 0.781 bits per heavy atom. The van der Waals surface area contributed by atoms with Crippen LogP contribution in [0.4, 0.5) is 0 Å². The van der Waals surface area contributed by atoms with Gasteiger partial charge in [0.2, 0.25) is 0 Å². The van der Waals surface area contributed by atoms with Crippen LogP contribution in [0.2, 0.25) is 0 Å². The molecule has 208 valence electrons. The molecule has 0 aliphatic carbocycles. The Morgan fingerprint density at radius 1 is 0.469 bits per heavy atom. The van der Waals surface area contributed by atoms with Gasteiger partial charge in [-0.2, -0.15) is 8.42 Å². The Hall–Kier alpha value is -0.410. The number of hydrogen-bond acceptors (Lipinski definition) is 4. The second-order valence-electron chi connectivity index (χ2n) is 6.97. The van der Waals surface area contributed by atoms with E-state index in [4.69, 9.17) is 29.0 Å². The van der Waals surface area contributed by atoms with E-state index in [0.717, 1.165) is 13.1 Å². The largest absolute Gasteiger partial charge is 0.412 e. The van der Waals surface area contributed by atoms with Crippen molar-refractivity contribution in [3.8, 4) is 0 Å². The third kappa shape index (κ3) is 99.5. The summed E-state index contributed by atoms with van der Waals surface area (Å²) >= 11 is 0. The summed E-state index contributed by atoms with van der Waals surface area (Å²) in [7, 11) is -4.67. The first-order valence-corrected chi connectivity index (χ1v) is 12.3. The molecule has 0 saturated carbocycles. The Balaban J connectivity index is -0.0000000440. The molecule has 0 bridgehead atoms. The van der Waals surface area contributed by atoms with E-state index in [0.29, 0.717) is 0 Å². The molecule has 0 saturated heterocycles. The first kappa shape index (κ1) is 53.1. The van der Waals surface area contributed by atoms with Gasteiger partial charge in [-0.15, -0.1) is 0 Å². The van der Waals surface area contributed by atoms with Gasteiger partial charge in [-0.1, -0.05) is 104 Å². The molecule has 0 atom stereocenters. The van der Waals surface area contributed by atoms with Crippen molar-refractivity contribution >= 4 is 10.4 Å². The second kappa shape index (κ2) is 48.1. The Bertz CT molecular complexity index is 308. The van der Waals surface area contributed by atoms with Crippen LogP contribution < -0.4 is 11.5 Å². The van der Waals surface area contributed by atoms with Crippen molar-refractivity contribution in [1.29, 1.82) is 0 Å². The van der Waals surface area contributed by atoms with Crippen molar-refractivity contribution in [3.05, 3.63) is 0 Å². The maximum atomic E-state index is 8.74. The van der Waals surface area contributed by atoms with Crippen LogP contribution in [-0.2, 0) is 10.4 Å². The molecule has 0 aromatic heterocycles. The summed E-state index contributed by atoms with van der Waals surface area (Å²) in [4.78, 5) is 0. The lowest BCUT2D eigenvalue weighted by Crippen LogP contribution is -1.97. The van der Waals surface area contributed by atoms with Gasteiger partial charge in [0.15, 0.2) is 0 Å². The van der Waals surface area contributed by atoms with Gasteiger partial charge in [-0.3, -0.25) is 9.11 Å². The Kier molecular flexibility index (Phi) is 79.9. The van der Waals surface area contributed by atoms with Gasteiger partial charge in [-0.05, 0) is 25.9 Å². The standard InChI is InChI=1S/2C10H23N.H2O4S.5H2O/c2*1-2-3-4-5-6-7-8-9-10-11;1-5(2,3)4;;;;;/h2*2-11H2,1H3;(H2,1,2,3,4);5*1H2. The molecule has 0 radical (unpaired) electrons. The molecule has 0 aromatic rings. The van der Waals surface area contributed by atoms with Gasteiger partial charge in [0.25, 0.3) is 0 Å². The maximum Gasteiger partial charge on any atom is 0.394 e. The zero-order chi connectivity index (χ0) is 21.2. The van der Waals surface area contributed by atoms with Crippen LogP contribution in [0.1, 0.15) is 117 Å². The van der Waals surface area contributed by atoms with Gasteiger partial charge in [0, 0.05) is 0 Å². The Morgan fingerprint density at radius 2 is 0.625 bits per heavy atom. The lowest BCUT2D eigenvalue weighted by Gasteiger charge is -1.99. The molecule has 0 fully saturated rings. The third-order valence-electron chi connectivity index (χ3n) is 4.12. The van der Waals surface area contributed by atoms with E-state index in [1.54, 1.807) is 0 Å². The topological polar surface area (TPSA) is 284 Å². The summed E-state index contributed by atoms with van der Waals surface area (Å²) in [5, 5.41) is 0. The normalized spacial score (nSPS) is 8.94. The summed E-state index contributed by atoms with van der Waals surface area (Å²) in [5.41, 5.74) is 10.8. The number of hydrogen-bond donors (Lipinski definition) is 4. The van der Waals surface area contributed by atoms with Crippen LogP contribution in [0.25, 0.3) is 0 Å². The number of rotatable bonds is 16. The monoisotopic (exact) mass is 502 g/mol. The molecule has 0 aliphatic heterocycles. The van der Waals surface area contributed by atoms with Crippen molar-refractivity contribution in [2.75, 3.05) is 13.1 Å². The highest BCUT2D eigenvalue weighted by atomic mass is 32.3. The van der Waals surface area contributed by atoms with E-state index in [1.807, 2.05) is 0 Å². The van der Waals surface area contributed by atoms with E-state index in [2.05, 4.69) is 13.8 Å². The van der Waals surface area contributed by atoms with Crippen LogP contribution in [-0.4, -0.2) is 58.0 Å². The fourth-order valence-electron chi connectivity index (χ4n) is 2.56. The number of unbranched alkanes of at least 4 members (excludes halogenated alkanes) is 14. The summed E-state index contributed by atoms with van der Waals surface area (Å²) in [6.45, 7) is 6.26. The molecular formula is C20H58N2O9S. The van der Waals surface area contributed by atoms with E-state index in [-0.39, 0.29) is 27.4 Å². The lowest BCUT2D eigenvalue weighted by molar-refractivity contribution is 0.381. The molecule has 12 heteroatoms. The first-order chi connectivity index (χ1) is 12.8. The smallest absolute Gasteiger partial charge is 0.394 e. The van der Waals surface area contributed by atoms with Crippen LogP contribution >= 0.6 is 0 Å². The summed E-state index contributed by atoms with van der Waals surface area (Å²) in [6, 6.07) is 0. The quantitative estimate of drug-likeness (QED) is 0.178. The van der Waals surface area contributed by atoms with E-state index < -0.39 is 10.4 Å². The van der Waals surface area contributed by atoms with Crippen molar-refractivity contribution < 1.29 is 44.9 Å². The number of nitrogens with two attached hydrogens (primary N) is 2. The summed E-state index contributed by atoms with van der Waals surface area (Å²) in [5.74, 6) is 0. The van der Waals surface area contributed by atoms with Crippen molar-refractivity contribution in [2.45, 2.75) is 117 Å². The fraction of sp³-hybridized carbons (Fsp3) is 1.00. The van der Waals surface area contributed by atoms with Gasteiger partial charge < -0.3 is 38.8 Å². The predicted octanol–water partition coefficient (Wildman–Crippen LogP) is 1.40. The molecule has 0 spiro atoms. The van der Waals surface area contributed by atoms with Crippen molar-refractivity contribution in [2.24, 2.45) is 11.5 Å². The van der Waals surface area contributed by atoms with Crippen LogP contribution in [0.15, 0.2) is 0 Å². The highest BCUT2D eigenvalue weighted by molar-refractivity contribution is 7.79. The fourth-order valence-corrected chi connectivity index (χ4v) is 2.56. The molecular weight excluding hydrogens is 444 g/mol. The van der Waals surface area contributed by atoms with Crippen LogP contribution in [0, 0.1) is 0 Å². The third-order valence-corrected chi connectivity index (χ3v) is 4.12. The summed E-state index contributed by atoms with van der Waals surface area (Å²) in [6.07, 6.45) is 22.0. The van der Waals surface area contributed by atoms with Crippen LogP contribution in [0.5, 0.6) is 0 Å². The first-order valence-electron chi connectivity index (χ1n) is 10.9. The van der Waals surface area contributed by atoms with Gasteiger partial charge in [-0.25, -0.2) is 0 Å². The highest BCUT2D eigenvalue weighted by Gasteiger charge is 1.90. The Labute approximate surface area is 196 Å². The van der Waals surface area contributed by atoms with E-state index in [9.17, 15) is 0 Å². The molecule has 0 unspecified atom stereocenters. The van der Waals surface area contributed by atoms with Crippen molar-refractivity contribution in [3.63, 3.8) is 0 Å². The SMILES string of the molecule is CCCCCCCCCCN.CCCCCCCCCCN.O.O.O.O.O.O=S(=O)(O)O. The van der Waals surface area contributed by atoms with Crippen LogP contribution in [0.3, 0.4) is 0 Å². The summed E-state index contributed by atoms with van der Waals surface area (Å²) < 4.78 is 31.6. The van der Waals surface area contributed by atoms with E-state index in [1.165, 1.54) is 103 Å². The zero-order valence-electron chi connectivity index (χ0n) is 20.5. The molecule has 0 aromatic carbocycles. The van der Waals surface area contributed by atoms with Crippen molar-refractivity contribution in [1.82, 2.24) is 0 Å². The average Bonchev–Trinajstić information content (AvgIpc) is 2.59. The molecule has 32 heavy (non-hydrogen) atoms. The maximum absolute atomic E-state index is 8.74.